The summed E-state index contributed by atoms with van der Waals surface area (Å²) in [6.07, 6.45) is 3.13. The molecule has 0 saturated heterocycles. The largest absolute Gasteiger partial charge is 0.496 e. The van der Waals surface area contributed by atoms with Gasteiger partial charge in [-0.15, -0.1) is 0 Å². The molecule has 0 fully saturated rings. The molecule has 0 spiro atoms. The monoisotopic (exact) mass is 377 g/mol. The number of benzene rings is 2. The summed E-state index contributed by atoms with van der Waals surface area (Å²) in [5.74, 6) is 0.147. The van der Waals surface area contributed by atoms with Crippen molar-refractivity contribution in [3.05, 3.63) is 70.0 Å². The van der Waals surface area contributed by atoms with Crippen LogP contribution in [0.2, 0.25) is 0 Å². The first-order valence-corrected chi connectivity index (χ1v) is 7.80. The Morgan fingerprint density at radius 3 is 2.74 bits per heavy atom. The number of rotatable bonds is 5. The summed E-state index contributed by atoms with van der Waals surface area (Å²) < 4.78 is 19.8. The molecule has 0 bridgehead atoms. The third kappa shape index (κ3) is 4.66. The molecule has 0 aliphatic rings. The van der Waals surface area contributed by atoms with E-state index in [1.165, 1.54) is 17.0 Å². The van der Waals surface area contributed by atoms with Gasteiger partial charge >= 0.3 is 0 Å². The summed E-state index contributed by atoms with van der Waals surface area (Å²) in [5, 5.41) is 0. The first kappa shape index (κ1) is 17.2. The number of likely N-dealkylation sites (N-methyl/N-ethyl adjacent to an activating group) is 1. The maximum atomic E-state index is 13.6. The van der Waals surface area contributed by atoms with Crippen molar-refractivity contribution in [2.75, 3.05) is 14.2 Å². The fourth-order valence-corrected chi connectivity index (χ4v) is 2.46. The van der Waals surface area contributed by atoms with Crippen molar-refractivity contribution in [3.63, 3.8) is 0 Å². The van der Waals surface area contributed by atoms with E-state index in [4.69, 9.17) is 4.74 Å². The molecule has 0 aliphatic heterocycles. The Labute approximate surface area is 143 Å². The van der Waals surface area contributed by atoms with E-state index in [0.717, 1.165) is 10.0 Å². The third-order valence-electron chi connectivity index (χ3n) is 3.34. The highest BCUT2D eigenvalue weighted by molar-refractivity contribution is 9.10. The van der Waals surface area contributed by atoms with Crippen LogP contribution in [-0.2, 0) is 11.3 Å². The zero-order valence-electron chi connectivity index (χ0n) is 12.9. The van der Waals surface area contributed by atoms with Crippen molar-refractivity contribution < 1.29 is 13.9 Å². The normalized spacial score (nSPS) is 10.8. The van der Waals surface area contributed by atoms with Crippen LogP contribution in [0.1, 0.15) is 11.1 Å². The predicted octanol–water partition coefficient (Wildman–Crippen LogP) is 4.27. The van der Waals surface area contributed by atoms with Crippen LogP contribution < -0.4 is 4.74 Å². The second-order valence-electron chi connectivity index (χ2n) is 5.01. The zero-order valence-corrected chi connectivity index (χ0v) is 14.5. The van der Waals surface area contributed by atoms with Crippen LogP contribution in [0.3, 0.4) is 0 Å². The minimum atomic E-state index is -0.315. The highest BCUT2D eigenvalue weighted by Crippen LogP contribution is 2.24. The van der Waals surface area contributed by atoms with Gasteiger partial charge in [-0.25, -0.2) is 4.39 Å². The number of nitrogens with zero attached hydrogens (tertiary/aromatic N) is 1. The highest BCUT2D eigenvalue weighted by Gasteiger charge is 2.09. The van der Waals surface area contributed by atoms with Gasteiger partial charge in [-0.3, -0.25) is 4.79 Å². The van der Waals surface area contributed by atoms with Crippen LogP contribution in [-0.4, -0.2) is 25.0 Å². The number of halogens is 2. The second kappa shape index (κ2) is 7.92. The first-order valence-electron chi connectivity index (χ1n) is 7.01. The predicted molar refractivity (Wildman–Crippen MR) is 92.6 cm³/mol. The van der Waals surface area contributed by atoms with Gasteiger partial charge in [0.1, 0.15) is 11.6 Å². The molecule has 0 unspecified atom stereocenters. The number of carbonyl (C=O) groups excluding carboxylic acids is 1. The summed E-state index contributed by atoms with van der Waals surface area (Å²) in [4.78, 5) is 13.6. The Morgan fingerprint density at radius 1 is 1.30 bits per heavy atom. The Bertz CT molecular complexity index is 731. The summed E-state index contributed by atoms with van der Waals surface area (Å²) in [6.45, 7) is 0.214. The average molecular weight is 378 g/mol. The number of ether oxygens (including phenoxy) is 1. The van der Waals surface area contributed by atoms with E-state index in [1.54, 1.807) is 38.4 Å². The molecule has 0 saturated carbocycles. The molecule has 2 aromatic carbocycles. The lowest BCUT2D eigenvalue weighted by Gasteiger charge is -2.15. The zero-order chi connectivity index (χ0) is 16.8. The number of carbonyl (C=O) groups is 1. The molecule has 0 atom stereocenters. The van der Waals surface area contributed by atoms with E-state index < -0.39 is 0 Å². The molecule has 0 aliphatic carbocycles. The summed E-state index contributed by atoms with van der Waals surface area (Å²) in [7, 11) is 3.21. The standard InChI is InChI=1S/C18H17BrFNO2/c1-21(12-14-5-3-4-6-16(14)20)18(22)10-7-13-11-15(19)8-9-17(13)23-2/h3-11H,12H2,1-2H3/b10-7+. The molecule has 2 aromatic rings. The van der Waals surface area contributed by atoms with E-state index in [2.05, 4.69) is 15.9 Å². The van der Waals surface area contributed by atoms with Gasteiger partial charge in [-0.2, -0.15) is 0 Å². The first-order chi connectivity index (χ1) is 11.0. The van der Waals surface area contributed by atoms with Gasteiger partial charge in [0.25, 0.3) is 0 Å². The fraction of sp³-hybridized carbons (Fsp3) is 0.167. The van der Waals surface area contributed by atoms with E-state index in [9.17, 15) is 9.18 Å². The summed E-state index contributed by atoms with van der Waals surface area (Å²) in [6, 6.07) is 12.0. The van der Waals surface area contributed by atoms with Crippen molar-refractivity contribution in [2.24, 2.45) is 0 Å². The maximum absolute atomic E-state index is 13.6. The molecular formula is C18H17BrFNO2. The molecule has 0 heterocycles. The van der Waals surface area contributed by atoms with Crippen LogP contribution in [0.15, 0.2) is 53.0 Å². The molecule has 0 aromatic heterocycles. The molecule has 3 nitrogen and oxygen atoms in total. The van der Waals surface area contributed by atoms with E-state index in [0.29, 0.717) is 11.3 Å². The highest BCUT2D eigenvalue weighted by atomic mass is 79.9. The molecule has 5 heteroatoms. The average Bonchev–Trinajstić information content (AvgIpc) is 2.54. The van der Waals surface area contributed by atoms with Crippen molar-refractivity contribution in [3.8, 4) is 5.75 Å². The van der Waals surface area contributed by atoms with Crippen LogP contribution in [0.4, 0.5) is 4.39 Å². The summed E-state index contributed by atoms with van der Waals surface area (Å²) >= 11 is 3.39. The van der Waals surface area contributed by atoms with Crippen molar-refractivity contribution in [2.45, 2.75) is 6.54 Å². The van der Waals surface area contributed by atoms with Gasteiger partial charge in [0, 0.05) is 35.3 Å². The number of hydrogen-bond donors (Lipinski definition) is 0. The number of methoxy groups -OCH3 is 1. The van der Waals surface area contributed by atoms with Crippen LogP contribution in [0, 0.1) is 5.82 Å². The van der Waals surface area contributed by atoms with E-state index in [-0.39, 0.29) is 18.3 Å². The Kier molecular flexibility index (Phi) is 5.93. The van der Waals surface area contributed by atoms with Gasteiger partial charge in [0.05, 0.1) is 7.11 Å². The SMILES string of the molecule is COc1ccc(Br)cc1/C=C/C(=O)N(C)Cc1ccccc1F. The van der Waals surface area contributed by atoms with Crippen molar-refractivity contribution >= 4 is 27.9 Å². The molecule has 120 valence electrons. The van der Waals surface area contributed by atoms with Crippen molar-refractivity contribution in [1.29, 1.82) is 0 Å². The Balaban J connectivity index is 2.09. The Morgan fingerprint density at radius 2 is 2.04 bits per heavy atom. The summed E-state index contributed by atoms with van der Waals surface area (Å²) in [5.41, 5.74) is 1.27. The van der Waals surface area contributed by atoms with Crippen LogP contribution in [0.5, 0.6) is 5.75 Å². The third-order valence-corrected chi connectivity index (χ3v) is 3.83. The van der Waals surface area contributed by atoms with Gasteiger partial charge in [0.2, 0.25) is 5.91 Å². The molecular weight excluding hydrogens is 361 g/mol. The van der Waals surface area contributed by atoms with Crippen LogP contribution in [0.25, 0.3) is 6.08 Å². The van der Waals surface area contributed by atoms with Crippen LogP contribution >= 0.6 is 15.9 Å². The number of hydrogen-bond acceptors (Lipinski definition) is 2. The lowest BCUT2D eigenvalue weighted by atomic mass is 10.1. The van der Waals surface area contributed by atoms with Gasteiger partial charge < -0.3 is 9.64 Å². The molecule has 23 heavy (non-hydrogen) atoms. The lowest BCUT2D eigenvalue weighted by molar-refractivity contribution is -0.125. The fourth-order valence-electron chi connectivity index (χ4n) is 2.08. The number of amides is 1. The molecule has 0 N–H and O–H groups in total. The van der Waals surface area contributed by atoms with Crippen molar-refractivity contribution in [1.82, 2.24) is 4.90 Å². The van der Waals surface area contributed by atoms with Gasteiger partial charge in [-0.05, 0) is 30.3 Å². The Hall–Kier alpha value is -2.14. The quantitative estimate of drug-likeness (QED) is 0.728. The topological polar surface area (TPSA) is 29.5 Å². The second-order valence-corrected chi connectivity index (χ2v) is 5.92. The minimum absolute atomic E-state index is 0.213. The minimum Gasteiger partial charge on any atom is -0.496 e. The van der Waals surface area contributed by atoms with Gasteiger partial charge in [0.15, 0.2) is 0 Å². The molecule has 2 rings (SSSR count). The van der Waals surface area contributed by atoms with E-state index >= 15 is 0 Å². The lowest BCUT2D eigenvalue weighted by Crippen LogP contribution is -2.24. The van der Waals surface area contributed by atoms with Gasteiger partial charge in [-0.1, -0.05) is 34.1 Å². The molecule has 0 radical (unpaired) electrons. The molecule has 1 amide bonds. The van der Waals surface area contributed by atoms with E-state index in [1.807, 2.05) is 18.2 Å². The maximum Gasteiger partial charge on any atom is 0.246 e. The smallest absolute Gasteiger partial charge is 0.246 e.